The van der Waals surface area contributed by atoms with E-state index in [4.69, 9.17) is 0 Å². The van der Waals surface area contributed by atoms with E-state index in [0.717, 1.165) is 6.54 Å². The number of ether oxygens (including phenoxy) is 1. The largest absolute Gasteiger partial charge is 0.463 e. The van der Waals surface area contributed by atoms with Gasteiger partial charge in [0.15, 0.2) is 0 Å². The molecule has 2 heterocycles. The number of nitrogens with zero attached hydrogens (tertiary/aromatic N) is 2. The third-order valence-electron chi connectivity index (χ3n) is 2.81. The van der Waals surface area contributed by atoms with Crippen LogP contribution in [0, 0.1) is 0 Å². The fraction of sp³-hybridized carbons (Fsp3) is 0.583. The fourth-order valence-corrected chi connectivity index (χ4v) is 3.07. The number of aromatic nitrogens is 2. The zero-order valence-electron chi connectivity index (χ0n) is 10.4. The standard InChI is InChI=1S/C12H17N3O2S/c1-17-12(16)11-13-6-5-10(15-11)14-8-9-4-2-3-7-18-9/h5-6,9H,2-4,7-8H2,1H3,(H,13,14,15). The van der Waals surface area contributed by atoms with Crippen molar-refractivity contribution in [2.45, 2.75) is 24.5 Å². The molecule has 1 aromatic rings. The van der Waals surface area contributed by atoms with Crippen LogP contribution in [0.25, 0.3) is 0 Å². The van der Waals surface area contributed by atoms with E-state index in [1.807, 2.05) is 11.8 Å². The first-order valence-electron chi connectivity index (χ1n) is 6.06. The summed E-state index contributed by atoms with van der Waals surface area (Å²) >= 11 is 2.00. The lowest BCUT2D eigenvalue weighted by Crippen LogP contribution is -2.21. The van der Waals surface area contributed by atoms with E-state index >= 15 is 0 Å². The van der Waals surface area contributed by atoms with Crippen molar-refractivity contribution in [2.75, 3.05) is 24.7 Å². The van der Waals surface area contributed by atoms with Gasteiger partial charge in [0.05, 0.1) is 7.11 Å². The number of carbonyl (C=O) groups excluding carboxylic acids is 1. The van der Waals surface area contributed by atoms with Crippen LogP contribution in [-0.4, -0.2) is 40.6 Å². The van der Waals surface area contributed by atoms with Crippen molar-refractivity contribution in [3.8, 4) is 0 Å². The number of methoxy groups -OCH3 is 1. The van der Waals surface area contributed by atoms with Gasteiger partial charge in [0.25, 0.3) is 0 Å². The summed E-state index contributed by atoms with van der Waals surface area (Å²) in [5.74, 6) is 1.50. The molecule has 0 bridgehead atoms. The van der Waals surface area contributed by atoms with Gasteiger partial charge in [-0.1, -0.05) is 6.42 Å². The molecule has 0 saturated carbocycles. The average molecular weight is 267 g/mol. The summed E-state index contributed by atoms with van der Waals surface area (Å²) < 4.78 is 4.59. The predicted molar refractivity (Wildman–Crippen MR) is 72.0 cm³/mol. The second-order valence-electron chi connectivity index (χ2n) is 4.13. The molecule has 1 aliphatic heterocycles. The first-order chi connectivity index (χ1) is 8.79. The predicted octanol–water partition coefficient (Wildman–Crippen LogP) is 1.96. The molecular formula is C12H17N3O2S. The lowest BCUT2D eigenvalue weighted by atomic mass is 10.2. The van der Waals surface area contributed by atoms with Gasteiger partial charge in [-0.05, 0) is 24.7 Å². The highest BCUT2D eigenvalue weighted by Crippen LogP contribution is 2.24. The molecular weight excluding hydrogens is 250 g/mol. The third-order valence-corrected chi connectivity index (χ3v) is 4.21. The van der Waals surface area contributed by atoms with Crippen LogP contribution in [-0.2, 0) is 4.74 Å². The first kappa shape index (κ1) is 13.1. The second-order valence-corrected chi connectivity index (χ2v) is 5.53. The topological polar surface area (TPSA) is 64.1 Å². The molecule has 0 aromatic carbocycles. The van der Waals surface area contributed by atoms with Gasteiger partial charge in [-0.25, -0.2) is 14.8 Å². The zero-order valence-corrected chi connectivity index (χ0v) is 11.2. The highest BCUT2D eigenvalue weighted by atomic mass is 32.2. The fourth-order valence-electron chi connectivity index (χ4n) is 1.83. The number of anilines is 1. The summed E-state index contributed by atoms with van der Waals surface area (Å²) in [7, 11) is 1.32. The monoisotopic (exact) mass is 267 g/mol. The Bertz CT molecular complexity index is 408. The Balaban J connectivity index is 1.90. The van der Waals surface area contributed by atoms with Gasteiger partial charge in [-0.15, -0.1) is 0 Å². The molecule has 1 fully saturated rings. The number of carbonyl (C=O) groups is 1. The van der Waals surface area contributed by atoms with E-state index in [0.29, 0.717) is 11.1 Å². The van der Waals surface area contributed by atoms with Crippen molar-refractivity contribution >= 4 is 23.5 Å². The summed E-state index contributed by atoms with van der Waals surface area (Å²) in [6.07, 6.45) is 5.43. The average Bonchev–Trinajstić information content (AvgIpc) is 2.45. The van der Waals surface area contributed by atoms with Crippen LogP contribution in [0.15, 0.2) is 12.3 Å². The number of nitrogens with one attached hydrogen (secondary N) is 1. The summed E-state index contributed by atoms with van der Waals surface area (Å²) in [6, 6.07) is 1.76. The van der Waals surface area contributed by atoms with Gasteiger partial charge < -0.3 is 10.1 Å². The lowest BCUT2D eigenvalue weighted by molar-refractivity contribution is 0.0587. The molecule has 0 spiro atoms. The SMILES string of the molecule is COC(=O)c1nccc(NCC2CCCCS2)n1. The third kappa shape index (κ3) is 3.60. The Morgan fingerprint density at radius 2 is 2.50 bits per heavy atom. The first-order valence-corrected chi connectivity index (χ1v) is 7.11. The molecule has 1 saturated heterocycles. The van der Waals surface area contributed by atoms with Crippen LogP contribution in [0.4, 0.5) is 5.82 Å². The van der Waals surface area contributed by atoms with Crippen LogP contribution >= 0.6 is 11.8 Å². The number of hydrogen-bond acceptors (Lipinski definition) is 6. The van der Waals surface area contributed by atoms with Crippen molar-refractivity contribution in [3.63, 3.8) is 0 Å². The molecule has 1 aromatic heterocycles. The Hall–Kier alpha value is -1.30. The van der Waals surface area contributed by atoms with Gasteiger partial charge in [0.1, 0.15) is 5.82 Å². The summed E-state index contributed by atoms with van der Waals surface area (Å²) in [5.41, 5.74) is 0. The highest BCUT2D eigenvalue weighted by Gasteiger charge is 2.14. The van der Waals surface area contributed by atoms with Gasteiger partial charge in [0, 0.05) is 18.0 Å². The molecule has 6 heteroatoms. The second kappa shape index (κ2) is 6.58. The Morgan fingerprint density at radius 3 is 3.22 bits per heavy atom. The van der Waals surface area contributed by atoms with Crippen molar-refractivity contribution in [3.05, 3.63) is 18.1 Å². The van der Waals surface area contributed by atoms with E-state index in [1.165, 1.54) is 32.1 Å². The van der Waals surface area contributed by atoms with Crippen molar-refractivity contribution < 1.29 is 9.53 Å². The van der Waals surface area contributed by atoms with Crippen LogP contribution in [0.3, 0.4) is 0 Å². The smallest absolute Gasteiger partial charge is 0.376 e. The number of rotatable bonds is 4. The van der Waals surface area contributed by atoms with Crippen LogP contribution in [0.1, 0.15) is 29.9 Å². The Morgan fingerprint density at radius 1 is 1.61 bits per heavy atom. The molecule has 1 atom stereocenters. The maximum Gasteiger partial charge on any atom is 0.376 e. The molecule has 98 valence electrons. The highest BCUT2D eigenvalue weighted by molar-refractivity contribution is 7.99. The molecule has 1 aliphatic rings. The van der Waals surface area contributed by atoms with E-state index < -0.39 is 5.97 Å². The van der Waals surface area contributed by atoms with Crippen LogP contribution < -0.4 is 5.32 Å². The van der Waals surface area contributed by atoms with Gasteiger partial charge >= 0.3 is 5.97 Å². The molecule has 0 amide bonds. The molecule has 1 unspecified atom stereocenters. The molecule has 18 heavy (non-hydrogen) atoms. The Kier molecular flexibility index (Phi) is 4.81. The molecule has 5 nitrogen and oxygen atoms in total. The van der Waals surface area contributed by atoms with Crippen molar-refractivity contribution in [2.24, 2.45) is 0 Å². The maximum absolute atomic E-state index is 11.3. The number of hydrogen-bond donors (Lipinski definition) is 1. The van der Waals surface area contributed by atoms with Gasteiger partial charge in [-0.3, -0.25) is 0 Å². The van der Waals surface area contributed by atoms with Crippen molar-refractivity contribution in [1.29, 1.82) is 0 Å². The Labute approximate surface area is 111 Å². The zero-order chi connectivity index (χ0) is 12.8. The van der Waals surface area contributed by atoms with E-state index in [9.17, 15) is 4.79 Å². The minimum atomic E-state index is -0.509. The molecule has 0 aliphatic carbocycles. The summed E-state index contributed by atoms with van der Waals surface area (Å²) in [4.78, 5) is 19.3. The number of esters is 1. The lowest BCUT2D eigenvalue weighted by Gasteiger charge is -2.21. The van der Waals surface area contributed by atoms with Crippen LogP contribution in [0.2, 0.25) is 0 Å². The quantitative estimate of drug-likeness (QED) is 0.841. The van der Waals surface area contributed by atoms with E-state index in [2.05, 4.69) is 20.0 Å². The molecule has 0 radical (unpaired) electrons. The summed E-state index contributed by atoms with van der Waals surface area (Å²) in [5, 5.41) is 3.89. The van der Waals surface area contributed by atoms with Crippen LogP contribution in [0.5, 0.6) is 0 Å². The van der Waals surface area contributed by atoms with E-state index in [-0.39, 0.29) is 5.82 Å². The summed E-state index contributed by atoms with van der Waals surface area (Å²) in [6.45, 7) is 0.877. The minimum Gasteiger partial charge on any atom is -0.463 e. The van der Waals surface area contributed by atoms with E-state index in [1.54, 1.807) is 12.3 Å². The van der Waals surface area contributed by atoms with Gasteiger partial charge in [0.2, 0.25) is 5.82 Å². The molecule has 2 rings (SSSR count). The minimum absolute atomic E-state index is 0.0961. The van der Waals surface area contributed by atoms with Crippen molar-refractivity contribution in [1.82, 2.24) is 9.97 Å². The normalized spacial score (nSPS) is 19.3. The van der Waals surface area contributed by atoms with Gasteiger partial charge in [-0.2, -0.15) is 11.8 Å². The number of thioether (sulfide) groups is 1. The molecule has 1 N–H and O–H groups in total. The maximum atomic E-state index is 11.3.